The molecule has 0 saturated heterocycles. The van der Waals surface area contributed by atoms with E-state index < -0.39 is 23.6 Å². The van der Waals surface area contributed by atoms with Crippen LogP contribution in [0.4, 0.5) is 13.2 Å². The molecule has 1 unspecified atom stereocenters. The number of aromatic nitrogens is 3. The number of benzene rings is 3. The third kappa shape index (κ3) is 6.03. The van der Waals surface area contributed by atoms with Crippen LogP contribution in [0.15, 0.2) is 66.9 Å². The lowest BCUT2D eigenvalue weighted by Gasteiger charge is -2.18. The molecule has 216 valence electrons. The second-order valence-corrected chi connectivity index (χ2v) is 10.2. The van der Waals surface area contributed by atoms with Crippen LogP contribution in [0.25, 0.3) is 22.2 Å². The molecule has 0 aliphatic carbocycles. The highest BCUT2D eigenvalue weighted by atomic mass is 35.5. The van der Waals surface area contributed by atoms with Crippen molar-refractivity contribution in [3.63, 3.8) is 0 Å². The minimum Gasteiger partial charge on any atom is -0.469 e. The van der Waals surface area contributed by atoms with E-state index in [4.69, 9.17) is 21.1 Å². The van der Waals surface area contributed by atoms with Crippen molar-refractivity contribution >= 4 is 28.4 Å². The molecule has 2 aromatic heterocycles. The molecule has 1 atom stereocenters. The lowest BCUT2D eigenvalue weighted by molar-refractivity contribution is 0.101. The van der Waals surface area contributed by atoms with Crippen LogP contribution in [0.5, 0.6) is 5.88 Å². The Morgan fingerprint density at radius 3 is 2.48 bits per heavy atom. The number of pyridine rings is 1. The third-order valence-corrected chi connectivity index (χ3v) is 7.23. The molecule has 0 saturated carbocycles. The predicted molar refractivity (Wildman–Crippen MR) is 154 cm³/mol. The maximum Gasteiger partial charge on any atom is 0.221 e. The van der Waals surface area contributed by atoms with Gasteiger partial charge in [0, 0.05) is 53.5 Å². The summed E-state index contributed by atoms with van der Waals surface area (Å²) in [5.74, 6) is -1.66. The maximum atomic E-state index is 15.6. The lowest BCUT2D eigenvalue weighted by Crippen LogP contribution is -2.11. The Balaban J connectivity index is 1.48. The summed E-state index contributed by atoms with van der Waals surface area (Å²) in [4.78, 5) is 20.8. The van der Waals surface area contributed by atoms with Crippen LogP contribution < -0.4 is 4.74 Å². The number of nitrogens with zero attached hydrogens (tertiary/aromatic N) is 3. The van der Waals surface area contributed by atoms with Gasteiger partial charge in [-0.2, -0.15) is 0 Å². The van der Waals surface area contributed by atoms with Crippen LogP contribution in [0.2, 0.25) is 5.02 Å². The number of methoxy groups -OCH3 is 1. The van der Waals surface area contributed by atoms with Crippen molar-refractivity contribution < 1.29 is 27.4 Å². The molecular formula is C32H27ClF3N3O3. The normalized spacial score (nSPS) is 12.1. The van der Waals surface area contributed by atoms with E-state index in [1.165, 1.54) is 37.4 Å². The molecule has 0 spiro atoms. The molecule has 0 amide bonds. The largest absolute Gasteiger partial charge is 0.469 e. The summed E-state index contributed by atoms with van der Waals surface area (Å²) in [5, 5.41) is 0.253. The predicted octanol–water partition coefficient (Wildman–Crippen LogP) is 7.75. The molecule has 5 aromatic rings. The molecule has 0 bridgehead atoms. The SMILES string of the molecule is COCCn1c(Cc2c(F)cc(-c3cccnc3OC(C)c3ccc(Cl)cc3F)cc2F)nc2ccc(C(C)=O)cc21. The number of ether oxygens (including phenoxy) is 2. The fourth-order valence-corrected chi connectivity index (χ4v) is 4.97. The number of hydrogen-bond acceptors (Lipinski definition) is 5. The Labute approximate surface area is 245 Å². The minimum atomic E-state index is -0.772. The van der Waals surface area contributed by atoms with Crippen LogP contribution in [-0.4, -0.2) is 34.0 Å². The van der Waals surface area contributed by atoms with E-state index in [1.54, 1.807) is 50.4 Å². The first-order valence-corrected chi connectivity index (χ1v) is 13.6. The lowest BCUT2D eigenvalue weighted by atomic mass is 10.0. The molecule has 0 radical (unpaired) electrons. The fraction of sp³-hybridized carbons (Fsp3) is 0.219. The summed E-state index contributed by atoms with van der Waals surface area (Å²) in [6.45, 7) is 3.84. The second kappa shape index (κ2) is 12.3. The number of imidazole rings is 1. The zero-order valence-corrected chi connectivity index (χ0v) is 23.9. The van der Waals surface area contributed by atoms with E-state index in [2.05, 4.69) is 9.97 Å². The van der Waals surface area contributed by atoms with E-state index in [0.29, 0.717) is 41.1 Å². The molecule has 2 heterocycles. The summed E-state index contributed by atoms with van der Waals surface area (Å²) in [6, 6.07) is 15.0. The maximum absolute atomic E-state index is 15.6. The van der Waals surface area contributed by atoms with Crippen molar-refractivity contribution in [1.82, 2.24) is 14.5 Å². The van der Waals surface area contributed by atoms with E-state index in [9.17, 15) is 9.18 Å². The van der Waals surface area contributed by atoms with Crippen molar-refractivity contribution in [2.24, 2.45) is 0 Å². The molecule has 3 aromatic carbocycles. The van der Waals surface area contributed by atoms with Gasteiger partial charge in [0.05, 0.1) is 17.6 Å². The van der Waals surface area contributed by atoms with Gasteiger partial charge in [0.25, 0.3) is 0 Å². The number of fused-ring (bicyclic) bond motifs is 1. The molecule has 10 heteroatoms. The Bertz CT molecular complexity index is 1770. The van der Waals surface area contributed by atoms with Crippen molar-refractivity contribution in [3.05, 3.63) is 112 Å². The van der Waals surface area contributed by atoms with E-state index in [1.807, 2.05) is 4.57 Å². The average molecular weight is 594 g/mol. The number of Topliss-reactive ketones (excluding diaryl/α,β-unsaturated/α-hetero) is 1. The molecule has 5 rings (SSSR count). The van der Waals surface area contributed by atoms with Crippen LogP contribution in [0.3, 0.4) is 0 Å². The van der Waals surface area contributed by atoms with E-state index in [0.717, 1.165) is 0 Å². The Hall–Kier alpha value is -4.21. The van der Waals surface area contributed by atoms with Crippen molar-refractivity contribution in [1.29, 1.82) is 0 Å². The van der Waals surface area contributed by atoms with Gasteiger partial charge in [0.1, 0.15) is 29.4 Å². The zero-order valence-electron chi connectivity index (χ0n) is 23.1. The van der Waals surface area contributed by atoms with Gasteiger partial charge < -0.3 is 14.0 Å². The van der Waals surface area contributed by atoms with Gasteiger partial charge in [0.15, 0.2) is 5.78 Å². The topological polar surface area (TPSA) is 66.2 Å². The highest BCUT2D eigenvalue weighted by molar-refractivity contribution is 6.30. The highest BCUT2D eigenvalue weighted by Crippen LogP contribution is 2.34. The van der Waals surface area contributed by atoms with Crippen LogP contribution in [0, 0.1) is 17.5 Å². The summed E-state index contributed by atoms with van der Waals surface area (Å²) in [6.07, 6.45) is 0.593. The van der Waals surface area contributed by atoms with Gasteiger partial charge in [0.2, 0.25) is 5.88 Å². The fourth-order valence-electron chi connectivity index (χ4n) is 4.81. The molecule has 0 aliphatic rings. The number of hydrogen-bond donors (Lipinski definition) is 0. The van der Waals surface area contributed by atoms with Crippen molar-refractivity contribution in [2.45, 2.75) is 32.9 Å². The van der Waals surface area contributed by atoms with Crippen LogP contribution in [0.1, 0.15) is 47.3 Å². The number of ketones is 1. The van der Waals surface area contributed by atoms with Crippen LogP contribution >= 0.6 is 11.6 Å². The summed E-state index contributed by atoms with van der Waals surface area (Å²) in [5.41, 5.74) is 2.43. The van der Waals surface area contributed by atoms with Gasteiger partial charge in [-0.15, -0.1) is 0 Å². The number of halogens is 4. The molecule has 6 nitrogen and oxygen atoms in total. The van der Waals surface area contributed by atoms with Gasteiger partial charge in [-0.25, -0.2) is 23.1 Å². The molecule has 0 N–H and O–H groups in total. The monoisotopic (exact) mass is 593 g/mol. The molecular weight excluding hydrogens is 567 g/mol. The molecule has 42 heavy (non-hydrogen) atoms. The number of carbonyl (C=O) groups is 1. The molecule has 0 fully saturated rings. The second-order valence-electron chi connectivity index (χ2n) is 9.81. The zero-order chi connectivity index (χ0) is 30.0. The summed E-state index contributed by atoms with van der Waals surface area (Å²) >= 11 is 5.86. The van der Waals surface area contributed by atoms with Gasteiger partial charge in [-0.3, -0.25) is 4.79 Å². The Kier molecular flexibility index (Phi) is 8.61. The summed E-state index contributed by atoms with van der Waals surface area (Å²) in [7, 11) is 1.56. The highest BCUT2D eigenvalue weighted by Gasteiger charge is 2.21. The summed E-state index contributed by atoms with van der Waals surface area (Å²) < 4.78 is 58.6. The van der Waals surface area contributed by atoms with Gasteiger partial charge >= 0.3 is 0 Å². The van der Waals surface area contributed by atoms with Gasteiger partial charge in [-0.05, 0) is 74.0 Å². The number of rotatable bonds is 10. The third-order valence-electron chi connectivity index (χ3n) is 7.00. The van der Waals surface area contributed by atoms with Gasteiger partial charge in [-0.1, -0.05) is 17.7 Å². The van der Waals surface area contributed by atoms with E-state index in [-0.39, 0.29) is 39.8 Å². The van der Waals surface area contributed by atoms with Crippen LogP contribution in [-0.2, 0) is 17.7 Å². The Morgan fingerprint density at radius 1 is 1.02 bits per heavy atom. The standard InChI is InChI=1S/C32H27ClF3N3O3/c1-18(40)20-6-9-29-30(15-20)39(11-12-41-3)31(38-29)17-25-26(34)13-21(14-27(25)35)24-5-4-10-37-32(24)42-19(2)23-8-7-22(33)16-28(23)36/h4-10,13-16,19H,11-12,17H2,1-3H3. The quantitative estimate of drug-likeness (QED) is 0.155. The Morgan fingerprint density at radius 2 is 1.79 bits per heavy atom. The number of carbonyl (C=O) groups excluding carboxylic acids is 1. The first-order valence-electron chi connectivity index (χ1n) is 13.2. The van der Waals surface area contributed by atoms with E-state index >= 15 is 8.78 Å². The minimum absolute atomic E-state index is 0.0912. The van der Waals surface area contributed by atoms with Crippen molar-refractivity contribution in [2.75, 3.05) is 13.7 Å². The average Bonchev–Trinajstić information content (AvgIpc) is 3.30. The first kappa shape index (κ1) is 29.3. The first-order chi connectivity index (χ1) is 20.2. The van der Waals surface area contributed by atoms with Crippen molar-refractivity contribution in [3.8, 4) is 17.0 Å². The molecule has 0 aliphatic heterocycles. The smallest absolute Gasteiger partial charge is 0.221 e.